The van der Waals surface area contributed by atoms with Crippen molar-refractivity contribution in [3.8, 4) is 11.5 Å². The van der Waals surface area contributed by atoms with Crippen LogP contribution in [0.15, 0.2) is 70.7 Å². The van der Waals surface area contributed by atoms with Gasteiger partial charge in [0.05, 0.1) is 22.8 Å². The number of fused-ring (bicyclic) bond motifs is 3. The minimum absolute atomic E-state index is 0.172. The number of rotatable bonds is 6. The zero-order valence-electron chi connectivity index (χ0n) is 24.7. The van der Waals surface area contributed by atoms with E-state index in [0.717, 1.165) is 64.2 Å². The van der Waals surface area contributed by atoms with Crippen molar-refractivity contribution in [2.45, 2.75) is 55.2 Å². The van der Waals surface area contributed by atoms with Crippen LogP contribution in [-0.4, -0.2) is 59.9 Å². The lowest BCUT2D eigenvalue weighted by Gasteiger charge is -2.23. The van der Waals surface area contributed by atoms with Crippen molar-refractivity contribution in [3.63, 3.8) is 0 Å². The lowest BCUT2D eigenvalue weighted by Crippen LogP contribution is -2.34. The largest absolute Gasteiger partial charge is 0.455 e. The van der Waals surface area contributed by atoms with Crippen LogP contribution in [0.4, 0.5) is 13.2 Å². The molecule has 1 saturated heterocycles. The van der Waals surface area contributed by atoms with Crippen molar-refractivity contribution in [3.05, 3.63) is 78.0 Å². The van der Waals surface area contributed by atoms with Crippen LogP contribution in [0.25, 0.3) is 10.9 Å². The second-order valence-electron chi connectivity index (χ2n) is 9.72. The molecule has 0 spiro atoms. The number of amides is 3. The third-order valence-corrected chi connectivity index (χ3v) is 7.71. The molecule has 1 unspecified atom stereocenters. The normalized spacial score (nSPS) is 14.3. The molecular formula is C31H34F3N5O5S. The van der Waals surface area contributed by atoms with E-state index in [1.165, 1.54) is 23.9 Å². The number of primary amides is 1. The summed E-state index contributed by atoms with van der Waals surface area (Å²) in [5.74, 6) is 1.30. The smallest absolute Gasteiger partial charge is 0.345 e. The summed E-state index contributed by atoms with van der Waals surface area (Å²) in [6.07, 6.45) is 7.02. The number of carbonyl (C=O) groups excluding carboxylic acids is 3. The number of aromatic amines is 1. The molecule has 1 atom stereocenters. The molecule has 2 aliphatic heterocycles. The van der Waals surface area contributed by atoms with Crippen LogP contribution in [0.5, 0.6) is 11.5 Å². The monoisotopic (exact) mass is 645 g/mol. The van der Waals surface area contributed by atoms with E-state index in [0.29, 0.717) is 31.2 Å². The van der Waals surface area contributed by atoms with Gasteiger partial charge in [0, 0.05) is 48.7 Å². The fourth-order valence-corrected chi connectivity index (χ4v) is 5.52. The van der Waals surface area contributed by atoms with E-state index in [1.54, 1.807) is 18.5 Å². The fourth-order valence-electron chi connectivity index (χ4n) is 4.57. The number of methoxy groups -OCH3 is 1. The Kier molecular flexibility index (Phi) is 13.7. The molecule has 240 valence electrons. The molecule has 2 aromatic heterocycles. The van der Waals surface area contributed by atoms with Gasteiger partial charge in [-0.2, -0.15) is 8.78 Å². The summed E-state index contributed by atoms with van der Waals surface area (Å²) in [5.41, 5.74) is 7.14. The zero-order chi connectivity index (χ0) is 32.8. The van der Waals surface area contributed by atoms with Gasteiger partial charge in [0.15, 0.2) is 0 Å². The molecule has 14 heteroatoms. The van der Waals surface area contributed by atoms with Gasteiger partial charge in [0.2, 0.25) is 18.7 Å². The molecule has 3 amide bonds. The predicted molar refractivity (Wildman–Crippen MR) is 163 cm³/mol. The molecule has 45 heavy (non-hydrogen) atoms. The van der Waals surface area contributed by atoms with Crippen molar-refractivity contribution in [1.82, 2.24) is 20.2 Å². The number of likely N-dealkylation sites (tertiary alicyclic amines) is 1. The Hall–Kier alpha value is -4.56. The maximum atomic E-state index is 13.3. The minimum atomic E-state index is -2.62. The van der Waals surface area contributed by atoms with Gasteiger partial charge in [-0.15, -0.1) is 0 Å². The first-order chi connectivity index (χ1) is 21.7. The molecule has 0 aliphatic carbocycles. The van der Waals surface area contributed by atoms with Crippen LogP contribution in [0.1, 0.15) is 31.0 Å². The number of H-pyrrole nitrogens is 1. The van der Waals surface area contributed by atoms with Crippen LogP contribution in [0, 0.1) is 5.82 Å². The molecule has 1 fully saturated rings. The number of pyridine rings is 1. The van der Waals surface area contributed by atoms with Gasteiger partial charge in [-0.05, 0) is 67.8 Å². The summed E-state index contributed by atoms with van der Waals surface area (Å²) in [4.78, 5) is 42.0. The standard InChI is InChI=1S/C19H18FNO2S.C9H9N3O.C2H4F2O.CH3NO/c1-12-3-2-8-21(12)19(22)10-13-4-7-17-16(9-13)23-15-6-5-14(20)11-18(15)24-17;13-6-11-5-8-3-7-4-10-2-1-9(7)12-8;1-5-2(3)4;2-1-3/h4-7,9,11-12H,2-3,8,10H2,1H3;1-4,6,12H,5H2,(H,11,13);2H,1H3;1H,(H2,2,3). The molecule has 0 saturated carbocycles. The minimum Gasteiger partial charge on any atom is -0.455 e. The molecule has 4 N–H and O–H groups in total. The third-order valence-electron chi connectivity index (χ3n) is 6.61. The first kappa shape index (κ1) is 34.9. The van der Waals surface area contributed by atoms with Crippen molar-refractivity contribution in [2.75, 3.05) is 13.7 Å². The molecule has 2 aromatic carbocycles. The first-order valence-electron chi connectivity index (χ1n) is 13.8. The number of alkyl halides is 2. The van der Waals surface area contributed by atoms with E-state index in [4.69, 9.17) is 9.53 Å². The number of halogens is 3. The van der Waals surface area contributed by atoms with Crippen molar-refractivity contribution < 1.29 is 37.0 Å². The number of hydrogen-bond donors (Lipinski definition) is 3. The van der Waals surface area contributed by atoms with Crippen LogP contribution in [0.2, 0.25) is 0 Å². The Morgan fingerprint density at radius 3 is 2.60 bits per heavy atom. The Morgan fingerprint density at radius 1 is 1.20 bits per heavy atom. The van der Waals surface area contributed by atoms with E-state index in [-0.39, 0.29) is 18.1 Å². The first-order valence-corrected chi connectivity index (χ1v) is 14.6. The maximum Gasteiger partial charge on any atom is 0.345 e. The van der Waals surface area contributed by atoms with Gasteiger partial charge >= 0.3 is 6.61 Å². The Balaban J connectivity index is 0.000000220. The number of nitrogens with zero attached hydrogens (tertiary/aromatic N) is 2. The predicted octanol–water partition coefficient (Wildman–Crippen LogP) is 5.40. The van der Waals surface area contributed by atoms with Gasteiger partial charge in [0.1, 0.15) is 17.3 Å². The highest BCUT2D eigenvalue weighted by Crippen LogP contribution is 2.47. The summed E-state index contributed by atoms with van der Waals surface area (Å²) >= 11 is 1.49. The van der Waals surface area contributed by atoms with Gasteiger partial charge < -0.3 is 30.4 Å². The summed E-state index contributed by atoms with van der Waals surface area (Å²) in [7, 11) is 0.949. The Bertz CT molecular complexity index is 1540. The molecule has 10 nitrogen and oxygen atoms in total. The average Bonchev–Trinajstić information content (AvgIpc) is 3.65. The molecule has 0 radical (unpaired) electrons. The van der Waals surface area contributed by atoms with Crippen LogP contribution in [0.3, 0.4) is 0 Å². The summed E-state index contributed by atoms with van der Waals surface area (Å²) in [6.45, 7) is 0.872. The Morgan fingerprint density at radius 2 is 1.96 bits per heavy atom. The summed E-state index contributed by atoms with van der Waals surface area (Å²) < 4.78 is 43.7. The van der Waals surface area contributed by atoms with Crippen molar-refractivity contribution in [1.29, 1.82) is 0 Å². The second kappa shape index (κ2) is 17.7. The van der Waals surface area contributed by atoms with Crippen LogP contribution < -0.4 is 15.8 Å². The van der Waals surface area contributed by atoms with Crippen molar-refractivity contribution in [2.24, 2.45) is 5.73 Å². The van der Waals surface area contributed by atoms with Gasteiger partial charge in [-0.1, -0.05) is 17.8 Å². The highest BCUT2D eigenvalue weighted by atomic mass is 32.2. The van der Waals surface area contributed by atoms with E-state index < -0.39 is 6.61 Å². The molecule has 0 bridgehead atoms. The lowest BCUT2D eigenvalue weighted by molar-refractivity contribution is -0.131. The van der Waals surface area contributed by atoms with E-state index in [2.05, 4.69) is 32.7 Å². The SMILES string of the molecule is CC1CCCN1C(=O)Cc1ccc2c(c1)Oc1ccc(F)cc1S2.COC(F)F.NC=O.O=CNCc1cc2cnccc2[nH]1. The van der Waals surface area contributed by atoms with Gasteiger partial charge in [-0.25, -0.2) is 4.39 Å². The number of benzene rings is 2. The summed E-state index contributed by atoms with van der Waals surface area (Å²) in [5, 5.41) is 3.65. The van der Waals surface area contributed by atoms with Crippen molar-refractivity contribution >= 4 is 41.4 Å². The molecule has 2 aliphatic rings. The highest BCUT2D eigenvalue weighted by molar-refractivity contribution is 7.99. The van der Waals surface area contributed by atoms with Crippen LogP contribution in [-0.2, 0) is 32.1 Å². The molecule has 4 aromatic rings. The summed E-state index contributed by atoms with van der Waals surface area (Å²) in [6, 6.07) is 14.6. The van der Waals surface area contributed by atoms with E-state index in [1.807, 2.05) is 35.2 Å². The quantitative estimate of drug-likeness (QED) is 0.210. The lowest BCUT2D eigenvalue weighted by atomic mass is 10.1. The van der Waals surface area contributed by atoms with E-state index >= 15 is 0 Å². The van der Waals surface area contributed by atoms with Crippen LogP contribution >= 0.6 is 11.8 Å². The van der Waals surface area contributed by atoms with Gasteiger partial charge in [0.25, 0.3) is 0 Å². The average molecular weight is 646 g/mol. The van der Waals surface area contributed by atoms with E-state index in [9.17, 15) is 22.8 Å². The van der Waals surface area contributed by atoms with Gasteiger partial charge in [-0.3, -0.25) is 19.4 Å². The highest BCUT2D eigenvalue weighted by Gasteiger charge is 2.25. The zero-order valence-corrected chi connectivity index (χ0v) is 25.5. The number of nitrogens with two attached hydrogens (primary N) is 1. The second-order valence-corrected chi connectivity index (χ2v) is 10.8. The molecule has 4 heterocycles. The maximum absolute atomic E-state index is 13.3. The topological polar surface area (TPSA) is 140 Å². The number of carbonyl (C=O) groups is 3. The third kappa shape index (κ3) is 10.5. The number of aromatic nitrogens is 2. The Labute approximate surface area is 262 Å². The number of nitrogens with one attached hydrogen (secondary N) is 2. The molecular weight excluding hydrogens is 611 g/mol. The number of ether oxygens (including phenoxy) is 2. The fraction of sp³-hybridized carbons (Fsp3) is 0.290. The number of hydrogen-bond acceptors (Lipinski definition) is 7. The molecule has 6 rings (SSSR count).